The summed E-state index contributed by atoms with van der Waals surface area (Å²) in [6, 6.07) is 14.0. The molecular weight excluding hydrogens is 392 g/mol. The van der Waals surface area contributed by atoms with Crippen molar-refractivity contribution in [1.29, 1.82) is 0 Å². The van der Waals surface area contributed by atoms with Crippen LogP contribution in [0.5, 0.6) is 0 Å². The van der Waals surface area contributed by atoms with Crippen molar-refractivity contribution in [1.82, 2.24) is 19.6 Å². The highest BCUT2D eigenvalue weighted by molar-refractivity contribution is 9.10. The topological polar surface area (TPSA) is 81.1 Å². The van der Waals surface area contributed by atoms with E-state index in [0.717, 1.165) is 32.4 Å². The Bertz CT molecular complexity index is 1030. The average molecular weight is 409 g/mol. The van der Waals surface area contributed by atoms with E-state index < -0.39 is 0 Å². The second kappa shape index (κ2) is 7.23. The number of fused-ring (bicyclic) bond motifs is 1. The first-order valence-corrected chi connectivity index (χ1v) is 9.01. The largest absolute Gasteiger partial charge is 0.350 e. The maximum Gasteiger partial charge on any atom is 0.225 e. The highest BCUT2D eigenvalue weighted by Gasteiger charge is 2.17. The molecule has 3 heterocycles. The van der Waals surface area contributed by atoms with Gasteiger partial charge in [0, 0.05) is 36.6 Å². The Balaban J connectivity index is 1.84. The summed E-state index contributed by atoms with van der Waals surface area (Å²) in [4.78, 5) is 8.99. The molecule has 0 aliphatic rings. The highest BCUT2D eigenvalue weighted by Crippen LogP contribution is 2.31. The fraction of sp³-hybridized carbons (Fsp3) is 0.105. The maximum absolute atomic E-state index is 6.07. The van der Waals surface area contributed by atoms with Gasteiger partial charge in [-0.1, -0.05) is 36.4 Å². The lowest BCUT2D eigenvalue weighted by atomic mass is 10.1. The lowest BCUT2D eigenvalue weighted by molar-refractivity contribution is 0.890. The van der Waals surface area contributed by atoms with Gasteiger partial charge in [0.2, 0.25) is 5.95 Å². The molecule has 6 nitrogen and oxygen atoms in total. The number of anilines is 1. The quantitative estimate of drug-likeness (QED) is 0.526. The number of hydrogen-bond acceptors (Lipinski definition) is 5. The second-order valence-corrected chi connectivity index (χ2v) is 6.65. The minimum atomic E-state index is 0.369. The molecule has 0 amide bonds. The van der Waals surface area contributed by atoms with E-state index in [1.807, 2.05) is 48.7 Å². The van der Waals surface area contributed by atoms with Gasteiger partial charge in [0.25, 0.3) is 0 Å². The molecule has 0 fully saturated rings. The SMILES string of the molecule is NCc1c(-c2ccccc2)nc(NCc2cccnc2)n2ncc(Br)c12. The van der Waals surface area contributed by atoms with Crippen LogP contribution in [-0.2, 0) is 13.1 Å². The number of halogens is 1. The smallest absolute Gasteiger partial charge is 0.225 e. The fourth-order valence-corrected chi connectivity index (χ4v) is 3.42. The summed E-state index contributed by atoms with van der Waals surface area (Å²) in [6.07, 6.45) is 5.35. The number of nitrogens with zero attached hydrogens (tertiary/aromatic N) is 4. The number of pyridine rings is 1. The first-order chi connectivity index (χ1) is 12.8. The molecule has 0 aliphatic heterocycles. The van der Waals surface area contributed by atoms with E-state index in [1.165, 1.54) is 0 Å². The summed E-state index contributed by atoms with van der Waals surface area (Å²) in [5.74, 6) is 0.658. The third kappa shape index (κ3) is 3.07. The van der Waals surface area contributed by atoms with Crippen molar-refractivity contribution in [3.8, 4) is 11.3 Å². The van der Waals surface area contributed by atoms with Crippen LogP contribution in [0.4, 0.5) is 5.95 Å². The summed E-state index contributed by atoms with van der Waals surface area (Å²) < 4.78 is 2.68. The summed E-state index contributed by atoms with van der Waals surface area (Å²) in [5.41, 5.74) is 10.9. The molecule has 130 valence electrons. The summed E-state index contributed by atoms with van der Waals surface area (Å²) in [7, 11) is 0. The lowest BCUT2D eigenvalue weighted by Gasteiger charge is -2.14. The van der Waals surface area contributed by atoms with E-state index in [2.05, 4.69) is 31.3 Å². The van der Waals surface area contributed by atoms with Crippen LogP contribution in [0, 0.1) is 0 Å². The van der Waals surface area contributed by atoms with Gasteiger partial charge in [-0.3, -0.25) is 4.98 Å². The van der Waals surface area contributed by atoms with Crippen molar-refractivity contribution >= 4 is 27.4 Å². The van der Waals surface area contributed by atoms with Crippen LogP contribution in [0.2, 0.25) is 0 Å². The zero-order valence-electron chi connectivity index (χ0n) is 13.9. The minimum absolute atomic E-state index is 0.369. The van der Waals surface area contributed by atoms with Gasteiger partial charge >= 0.3 is 0 Å². The van der Waals surface area contributed by atoms with Gasteiger partial charge in [0.1, 0.15) is 0 Å². The van der Waals surface area contributed by atoms with Crippen LogP contribution in [0.1, 0.15) is 11.1 Å². The Morgan fingerprint density at radius 3 is 2.65 bits per heavy atom. The van der Waals surface area contributed by atoms with E-state index in [9.17, 15) is 0 Å². The van der Waals surface area contributed by atoms with E-state index in [0.29, 0.717) is 19.0 Å². The van der Waals surface area contributed by atoms with E-state index in [-0.39, 0.29) is 0 Å². The first kappa shape index (κ1) is 16.7. The van der Waals surface area contributed by atoms with Gasteiger partial charge in [-0.05, 0) is 27.6 Å². The van der Waals surface area contributed by atoms with Gasteiger partial charge in [-0.25, -0.2) is 4.98 Å². The number of rotatable bonds is 5. The van der Waals surface area contributed by atoms with Gasteiger partial charge in [-0.2, -0.15) is 9.61 Å². The molecule has 3 N–H and O–H groups in total. The summed E-state index contributed by atoms with van der Waals surface area (Å²) in [6.45, 7) is 0.970. The van der Waals surface area contributed by atoms with Crippen molar-refractivity contribution in [2.24, 2.45) is 5.73 Å². The van der Waals surface area contributed by atoms with Crippen LogP contribution in [-0.4, -0.2) is 19.6 Å². The molecule has 7 heteroatoms. The standard InChI is InChI=1S/C19H17BrN6/c20-16-12-24-26-18(16)15(9-21)17(14-6-2-1-3-7-14)25-19(26)23-11-13-5-4-8-22-10-13/h1-8,10,12H,9,11,21H2,(H,23,25). The molecule has 0 atom stereocenters. The minimum Gasteiger partial charge on any atom is -0.350 e. The predicted octanol–water partition coefficient (Wildman–Crippen LogP) is 3.62. The Morgan fingerprint density at radius 2 is 1.92 bits per heavy atom. The molecule has 0 bridgehead atoms. The second-order valence-electron chi connectivity index (χ2n) is 5.80. The molecule has 26 heavy (non-hydrogen) atoms. The van der Waals surface area contributed by atoms with Crippen LogP contribution >= 0.6 is 15.9 Å². The molecule has 0 aliphatic carbocycles. The Kier molecular flexibility index (Phi) is 4.64. The maximum atomic E-state index is 6.07. The molecule has 0 saturated carbocycles. The van der Waals surface area contributed by atoms with Crippen molar-refractivity contribution in [2.45, 2.75) is 13.1 Å². The molecular formula is C19H17BrN6. The van der Waals surface area contributed by atoms with E-state index in [4.69, 9.17) is 10.7 Å². The fourth-order valence-electron chi connectivity index (χ4n) is 2.92. The average Bonchev–Trinajstić information content (AvgIpc) is 3.09. The third-order valence-electron chi connectivity index (χ3n) is 4.14. The van der Waals surface area contributed by atoms with Crippen molar-refractivity contribution < 1.29 is 0 Å². The first-order valence-electron chi connectivity index (χ1n) is 8.22. The molecule has 4 rings (SSSR count). The molecule has 1 aromatic carbocycles. The predicted molar refractivity (Wildman–Crippen MR) is 106 cm³/mol. The molecule has 0 unspecified atom stereocenters. The Labute approximate surface area is 159 Å². The molecule has 4 aromatic rings. The lowest BCUT2D eigenvalue weighted by Crippen LogP contribution is -2.12. The van der Waals surface area contributed by atoms with Crippen LogP contribution < -0.4 is 11.1 Å². The number of benzene rings is 1. The number of nitrogens with one attached hydrogen (secondary N) is 1. The number of hydrogen-bond donors (Lipinski definition) is 2. The van der Waals surface area contributed by atoms with Crippen molar-refractivity contribution in [2.75, 3.05) is 5.32 Å². The number of aromatic nitrogens is 4. The van der Waals surface area contributed by atoms with E-state index in [1.54, 1.807) is 16.9 Å². The molecule has 0 radical (unpaired) electrons. The zero-order valence-corrected chi connectivity index (χ0v) is 15.5. The zero-order chi connectivity index (χ0) is 17.9. The molecule has 3 aromatic heterocycles. The summed E-state index contributed by atoms with van der Waals surface area (Å²) >= 11 is 3.59. The van der Waals surface area contributed by atoms with Crippen molar-refractivity contribution in [3.05, 3.63) is 76.7 Å². The van der Waals surface area contributed by atoms with Gasteiger partial charge in [-0.15, -0.1) is 0 Å². The third-order valence-corrected chi connectivity index (χ3v) is 4.72. The Morgan fingerprint density at radius 1 is 1.08 bits per heavy atom. The normalized spacial score (nSPS) is 11.0. The molecule has 0 spiro atoms. The van der Waals surface area contributed by atoms with Gasteiger partial charge in [0.15, 0.2) is 0 Å². The highest BCUT2D eigenvalue weighted by atomic mass is 79.9. The molecule has 0 saturated heterocycles. The van der Waals surface area contributed by atoms with Crippen LogP contribution in [0.25, 0.3) is 16.8 Å². The van der Waals surface area contributed by atoms with Gasteiger partial charge < -0.3 is 11.1 Å². The van der Waals surface area contributed by atoms with Crippen LogP contribution in [0.15, 0.2) is 65.5 Å². The Hall–Kier alpha value is -2.77. The van der Waals surface area contributed by atoms with Crippen molar-refractivity contribution in [3.63, 3.8) is 0 Å². The van der Waals surface area contributed by atoms with Gasteiger partial charge in [0.05, 0.1) is 21.9 Å². The monoisotopic (exact) mass is 408 g/mol. The van der Waals surface area contributed by atoms with Crippen LogP contribution in [0.3, 0.4) is 0 Å². The van der Waals surface area contributed by atoms with E-state index >= 15 is 0 Å². The summed E-state index contributed by atoms with van der Waals surface area (Å²) in [5, 5.41) is 7.81. The number of nitrogens with two attached hydrogens (primary N) is 1.